The lowest BCUT2D eigenvalue weighted by molar-refractivity contribution is 0.101. The summed E-state index contributed by atoms with van der Waals surface area (Å²) >= 11 is 13.0. The van der Waals surface area contributed by atoms with E-state index in [1.54, 1.807) is 42.5 Å². The summed E-state index contributed by atoms with van der Waals surface area (Å²) in [6.45, 7) is 0.295. The van der Waals surface area contributed by atoms with Gasteiger partial charge >= 0.3 is 6.03 Å². The van der Waals surface area contributed by atoms with Gasteiger partial charge in [0.2, 0.25) is 5.78 Å². The SMILES string of the molecule is O=C(NCc1ccc(C(=O)c2ccco2)s1)Nc1ccc(Cl)c(Cl)c1. The third-order valence-electron chi connectivity index (χ3n) is 3.23. The van der Waals surface area contributed by atoms with E-state index >= 15 is 0 Å². The van der Waals surface area contributed by atoms with Crippen LogP contribution in [0.1, 0.15) is 20.3 Å². The molecule has 0 saturated heterocycles. The third-order valence-corrected chi connectivity index (χ3v) is 5.05. The molecule has 2 N–H and O–H groups in total. The molecule has 2 amide bonds. The Kier molecular flexibility index (Phi) is 5.43. The lowest BCUT2D eigenvalue weighted by Crippen LogP contribution is -2.27. The van der Waals surface area contributed by atoms with E-state index in [4.69, 9.17) is 27.6 Å². The van der Waals surface area contributed by atoms with Crippen LogP contribution in [0.25, 0.3) is 0 Å². The van der Waals surface area contributed by atoms with Crippen molar-refractivity contribution in [3.05, 3.63) is 74.3 Å². The van der Waals surface area contributed by atoms with Crippen LogP contribution in [0.5, 0.6) is 0 Å². The summed E-state index contributed by atoms with van der Waals surface area (Å²) in [5, 5.41) is 6.16. The zero-order valence-corrected chi connectivity index (χ0v) is 15.0. The van der Waals surface area contributed by atoms with Gasteiger partial charge in [-0.2, -0.15) is 0 Å². The molecule has 0 saturated carbocycles. The predicted molar refractivity (Wildman–Crippen MR) is 98.8 cm³/mol. The van der Waals surface area contributed by atoms with Gasteiger partial charge in [-0.15, -0.1) is 11.3 Å². The molecule has 0 aliphatic carbocycles. The topological polar surface area (TPSA) is 71.3 Å². The van der Waals surface area contributed by atoms with Gasteiger partial charge in [-0.05, 0) is 42.5 Å². The van der Waals surface area contributed by atoms with Crippen molar-refractivity contribution < 1.29 is 14.0 Å². The summed E-state index contributed by atoms with van der Waals surface area (Å²) in [5.41, 5.74) is 0.534. The molecule has 3 rings (SSSR count). The fourth-order valence-corrected chi connectivity index (χ4v) is 3.23. The molecule has 0 aliphatic rings. The first-order chi connectivity index (χ1) is 12.0. The van der Waals surface area contributed by atoms with Crippen molar-refractivity contribution in [2.75, 3.05) is 5.32 Å². The van der Waals surface area contributed by atoms with Gasteiger partial charge < -0.3 is 15.1 Å². The number of halogens is 2. The first kappa shape index (κ1) is 17.5. The average Bonchev–Trinajstić information content (AvgIpc) is 3.27. The van der Waals surface area contributed by atoms with Crippen LogP contribution in [0.2, 0.25) is 10.0 Å². The van der Waals surface area contributed by atoms with E-state index in [-0.39, 0.29) is 11.8 Å². The highest BCUT2D eigenvalue weighted by Gasteiger charge is 2.14. The Bertz CT molecular complexity index is 907. The minimum Gasteiger partial charge on any atom is -0.461 e. The molecule has 0 spiro atoms. The van der Waals surface area contributed by atoms with E-state index in [9.17, 15) is 9.59 Å². The number of thiophene rings is 1. The molecule has 3 aromatic rings. The van der Waals surface area contributed by atoms with E-state index in [2.05, 4.69) is 10.6 Å². The molecule has 0 bridgehead atoms. The van der Waals surface area contributed by atoms with Gasteiger partial charge in [0.25, 0.3) is 0 Å². The average molecular weight is 395 g/mol. The van der Waals surface area contributed by atoms with Gasteiger partial charge in [0.05, 0.1) is 27.7 Å². The molecule has 0 atom stereocenters. The molecular formula is C17H12Cl2N2O3S. The summed E-state index contributed by atoms with van der Waals surface area (Å²) in [5.74, 6) is 0.111. The molecular weight excluding hydrogens is 383 g/mol. The van der Waals surface area contributed by atoms with Crippen LogP contribution < -0.4 is 10.6 Å². The van der Waals surface area contributed by atoms with Gasteiger partial charge in [-0.1, -0.05) is 23.2 Å². The molecule has 128 valence electrons. The number of carbonyl (C=O) groups is 2. The highest BCUT2D eigenvalue weighted by molar-refractivity contribution is 7.14. The molecule has 8 heteroatoms. The van der Waals surface area contributed by atoms with Crippen LogP contribution in [-0.2, 0) is 6.54 Å². The number of furan rings is 1. The highest BCUT2D eigenvalue weighted by Crippen LogP contribution is 2.25. The summed E-state index contributed by atoms with van der Waals surface area (Å²) in [4.78, 5) is 25.5. The van der Waals surface area contributed by atoms with Gasteiger partial charge in [-0.25, -0.2) is 4.79 Å². The fraction of sp³-hybridized carbons (Fsp3) is 0.0588. The highest BCUT2D eigenvalue weighted by atomic mass is 35.5. The van der Waals surface area contributed by atoms with Crippen LogP contribution in [-0.4, -0.2) is 11.8 Å². The summed E-state index contributed by atoms with van der Waals surface area (Å²) < 4.78 is 5.10. The number of amides is 2. The molecule has 0 unspecified atom stereocenters. The van der Waals surface area contributed by atoms with Gasteiger partial charge in [-0.3, -0.25) is 4.79 Å². The lowest BCUT2D eigenvalue weighted by Gasteiger charge is -2.07. The van der Waals surface area contributed by atoms with Crippen molar-refractivity contribution in [3.8, 4) is 0 Å². The second-order valence-electron chi connectivity index (χ2n) is 5.01. The first-order valence-electron chi connectivity index (χ1n) is 7.20. The number of benzene rings is 1. The number of urea groups is 1. The maximum absolute atomic E-state index is 12.2. The van der Waals surface area contributed by atoms with Gasteiger partial charge in [0.1, 0.15) is 0 Å². The fourth-order valence-electron chi connectivity index (χ4n) is 2.04. The number of hydrogen-bond acceptors (Lipinski definition) is 4. The Morgan fingerprint density at radius 1 is 1.08 bits per heavy atom. The maximum Gasteiger partial charge on any atom is 0.319 e. The maximum atomic E-state index is 12.2. The zero-order valence-electron chi connectivity index (χ0n) is 12.7. The van der Waals surface area contributed by atoms with Crippen LogP contribution >= 0.6 is 34.5 Å². The van der Waals surface area contributed by atoms with Crippen LogP contribution in [0.15, 0.2) is 53.1 Å². The van der Waals surface area contributed by atoms with Crippen molar-refractivity contribution >= 4 is 52.0 Å². The molecule has 0 fully saturated rings. The Hall–Kier alpha value is -2.28. The molecule has 0 aliphatic heterocycles. The monoisotopic (exact) mass is 394 g/mol. The molecule has 0 radical (unpaired) electrons. The van der Waals surface area contributed by atoms with Crippen molar-refractivity contribution in [2.24, 2.45) is 0 Å². The number of hydrogen-bond donors (Lipinski definition) is 2. The molecule has 25 heavy (non-hydrogen) atoms. The largest absolute Gasteiger partial charge is 0.461 e. The van der Waals surface area contributed by atoms with Crippen molar-refractivity contribution in [3.63, 3.8) is 0 Å². The second-order valence-corrected chi connectivity index (χ2v) is 6.99. The van der Waals surface area contributed by atoms with E-state index in [1.807, 2.05) is 0 Å². The first-order valence-corrected chi connectivity index (χ1v) is 8.77. The zero-order chi connectivity index (χ0) is 17.8. The van der Waals surface area contributed by atoms with Crippen LogP contribution in [0.4, 0.5) is 10.5 Å². The van der Waals surface area contributed by atoms with E-state index < -0.39 is 0 Å². The quantitative estimate of drug-likeness (QED) is 0.584. The number of rotatable bonds is 5. The standard InChI is InChI=1S/C17H12Cl2N2O3S/c18-12-5-3-10(8-13(12)19)21-17(23)20-9-11-4-6-15(25-11)16(22)14-2-1-7-24-14/h1-8H,9H2,(H2,20,21,23). The molecule has 2 aromatic heterocycles. The number of ketones is 1. The summed E-state index contributed by atoms with van der Waals surface area (Å²) in [6.07, 6.45) is 1.46. The van der Waals surface area contributed by atoms with Crippen LogP contribution in [0.3, 0.4) is 0 Å². The normalized spacial score (nSPS) is 10.5. The molecule has 5 nitrogen and oxygen atoms in total. The minimum absolute atomic E-state index is 0.179. The molecule has 2 heterocycles. The molecule has 1 aromatic carbocycles. The Balaban J connectivity index is 1.55. The lowest BCUT2D eigenvalue weighted by atomic mass is 10.2. The second kappa shape index (κ2) is 7.74. The van der Waals surface area contributed by atoms with Gasteiger partial charge in [0, 0.05) is 10.6 Å². The number of carbonyl (C=O) groups excluding carboxylic acids is 2. The summed E-state index contributed by atoms with van der Waals surface area (Å²) in [7, 11) is 0. The number of anilines is 1. The van der Waals surface area contributed by atoms with Gasteiger partial charge in [0.15, 0.2) is 5.76 Å². The van der Waals surface area contributed by atoms with Crippen LogP contribution in [0, 0.1) is 0 Å². The minimum atomic E-state index is -0.384. The smallest absolute Gasteiger partial charge is 0.319 e. The number of nitrogens with one attached hydrogen (secondary N) is 2. The van der Waals surface area contributed by atoms with E-state index in [0.717, 1.165) is 4.88 Å². The van der Waals surface area contributed by atoms with E-state index in [1.165, 1.54) is 17.6 Å². The Morgan fingerprint density at radius 3 is 2.64 bits per heavy atom. The van der Waals surface area contributed by atoms with E-state index in [0.29, 0.717) is 32.9 Å². The Morgan fingerprint density at radius 2 is 1.92 bits per heavy atom. The third kappa shape index (κ3) is 4.42. The predicted octanol–water partition coefficient (Wildman–Crippen LogP) is 5.20. The summed E-state index contributed by atoms with van der Waals surface area (Å²) in [6, 6.07) is 11.2. The van der Waals surface area contributed by atoms with Crippen molar-refractivity contribution in [2.45, 2.75) is 6.54 Å². The van der Waals surface area contributed by atoms with Crippen molar-refractivity contribution in [1.29, 1.82) is 0 Å². The Labute approximate surface area is 157 Å². The van der Waals surface area contributed by atoms with Crippen molar-refractivity contribution in [1.82, 2.24) is 5.32 Å².